The van der Waals surface area contributed by atoms with Crippen LogP contribution < -0.4 is 20.9 Å². The lowest BCUT2D eigenvalue weighted by Crippen LogP contribution is -2.51. The second-order valence-electron chi connectivity index (χ2n) is 8.35. The maximum absolute atomic E-state index is 13.8. The topological polar surface area (TPSA) is 117 Å². The lowest BCUT2D eigenvalue weighted by atomic mass is 10.1. The molecule has 4 amide bonds. The number of amides is 4. The molecule has 1 fully saturated rings. The van der Waals surface area contributed by atoms with E-state index in [0.29, 0.717) is 10.4 Å². The summed E-state index contributed by atoms with van der Waals surface area (Å²) in [5.74, 6) is -2.99. The quantitative estimate of drug-likeness (QED) is 0.458. The standard InChI is InChI=1S/C23H24ClF3N4O5S/c1-12(2)20(33)30-15(10-28-22(35)17-5-6-18(24)37-17)21(34)29-13-3-4-16(14(9-13)23(25,26)27)31-7-8-36-11-19(31)32/h3-6,9,12,15H,7-8,10-11H2,1-2H3,(H,28,35)(H,29,34)(H,30,33)/t15-/m0/s1. The molecule has 9 nitrogen and oxygen atoms in total. The Morgan fingerprint density at radius 1 is 1.16 bits per heavy atom. The number of nitrogens with zero attached hydrogens (tertiary/aromatic N) is 1. The van der Waals surface area contributed by atoms with Crippen LogP contribution in [0.1, 0.15) is 29.1 Å². The smallest absolute Gasteiger partial charge is 0.370 e. The van der Waals surface area contributed by atoms with Crippen LogP contribution in [0.3, 0.4) is 0 Å². The Balaban J connectivity index is 1.81. The summed E-state index contributed by atoms with van der Waals surface area (Å²) in [4.78, 5) is 50.9. The first-order valence-electron chi connectivity index (χ1n) is 11.1. The third-order valence-electron chi connectivity index (χ3n) is 5.27. The average Bonchev–Trinajstić information content (AvgIpc) is 3.27. The van der Waals surface area contributed by atoms with Crippen molar-refractivity contribution >= 4 is 57.9 Å². The number of ether oxygens (including phenoxy) is 1. The number of benzene rings is 1. The Hall–Kier alpha value is -3.16. The van der Waals surface area contributed by atoms with Crippen molar-refractivity contribution in [3.05, 3.63) is 45.1 Å². The van der Waals surface area contributed by atoms with Gasteiger partial charge < -0.3 is 25.6 Å². The van der Waals surface area contributed by atoms with Gasteiger partial charge in [0.1, 0.15) is 12.6 Å². The Bertz CT molecular complexity index is 1190. The van der Waals surface area contributed by atoms with Crippen LogP contribution in [0.25, 0.3) is 0 Å². The van der Waals surface area contributed by atoms with Crippen LogP contribution in [0.15, 0.2) is 30.3 Å². The summed E-state index contributed by atoms with van der Waals surface area (Å²) in [6.07, 6.45) is -4.82. The molecular formula is C23H24ClF3N4O5S. The van der Waals surface area contributed by atoms with Crippen LogP contribution in [-0.4, -0.2) is 56.0 Å². The molecule has 14 heteroatoms. The lowest BCUT2D eigenvalue weighted by molar-refractivity contribution is -0.137. The predicted molar refractivity (Wildman–Crippen MR) is 132 cm³/mol. The van der Waals surface area contributed by atoms with Crippen LogP contribution in [0.4, 0.5) is 24.5 Å². The van der Waals surface area contributed by atoms with Gasteiger partial charge in [-0.1, -0.05) is 25.4 Å². The minimum Gasteiger partial charge on any atom is -0.370 e. The zero-order valence-electron chi connectivity index (χ0n) is 19.8. The summed E-state index contributed by atoms with van der Waals surface area (Å²) in [6, 6.07) is 4.75. The molecule has 1 saturated heterocycles. The minimum absolute atomic E-state index is 0.0495. The van der Waals surface area contributed by atoms with Gasteiger partial charge in [0.2, 0.25) is 11.8 Å². The number of nitrogens with one attached hydrogen (secondary N) is 3. The number of hydrogen-bond donors (Lipinski definition) is 3. The first-order valence-corrected chi connectivity index (χ1v) is 12.3. The van der Waals surface area contributed by atoms with Crippen molar-refractivity contribution < 1.29 is 37.1 Å². The molecule has 1 aliphatic rings. The molecule has 0 bridgehead atoms. The highest BCUT2D eigenvalue weighted by atomic mass is 35.5. The summed E-state index contributed by atoms with van der Waals surface area (Å²) in [5.41, 5.74) is -1.68. The highest BCUT2D eigenvalue weighted by Gasteiger charge is 2.37. The van der Waals surface area contributed by atoms with Gasteiger partial charge in [0.15, 0.2) is 0 Å². The zero-order chi connectivity index (χ0) is 27.3. The van der Waals surface area contributed by atoms with Crippen LogP contribution >= 0.6 is 22.9 Å². The molecule has 37 heavy (non-hydrogen) atoms. The fraction of sp³-hybridized carbons (Fsp3) is 0.391. The Kier molecular flexibility index (Phi) is 9.16. The second-order valence-corrected chi connectivity index (χ2v) is 10.1. The third kappa shape index (κ3) is 7.43. The number of thiophene rings is 1. The Morgan fingerprint density at radius 2 is 1.89 bits per heavy atom. The molecule has 0 unspecified atom stereocenters. The number of halogens is 4. The van der Waals surface area contributed by atoms with E-state index in [1.165, 1.54) is 18.2 Å². The molecule has 1 aromatic carbocycles. The molecule has 3 rings (SSSR count). The fourth-order valence-corrected chi connectivity index (χ4v) is 4.30. The third-order valence-corrected chi connectivity index (χ3v) is 6.50. The van der Waals surface area contributed by atoms with Gasteiger partial charge >= 0.3 is 6.18 Å². The molecule has 2 aromatic rings. The highest BCUT2D eigenvalue weighted by molar-refractivity contribution is 7.18. The number of carbonyl (C=O) groups is 4. The van der Waals surface area contributed by atoms with E-state index >= 15 is 0 Å². The van der Waals surface area contributed by atoms with Gasteiger partial charge in [0.05, 0.1) is 27.1 Å². The average molecular weight is 561 g/mol. The summed E-state index contributed by atoms with van der Waals surface area (Å²) in [6.45, 7) is 2.56. The number of hydrogen-bond acceptors (Lipinski definition) is 6. The zero-order valence-corrected chi connectivity index (χ0v) is 21.4. The second kappa shape index (κ2) is 11.9. The predicted octanol–water partition coefficient (Wildman–Crippen LogP) is 3.29. The first-order chi connectivity index (χ1) is 17.4. The molecule has 2 heterocycles. The maximum atomic E-state index is 13.8. The summed E-state index contributed by atoms with van der Waals surface area (Å²) in [5, 5.41) is 7.36. The van der Waals surface area contributed by atoms with Gasteiger partial charge in [0.25, 0.3) is 11.8 Å². The van der Waals surface area contributed by atoms with Gasteiger partial charge in [-0.2, -0.15) is 13.2 Å². The molecule has 1 aromatic heterocycles. The van der Waals surface area contributed by atoms with E-state index in [-0.39, 0.29) is 42.6 Å². The van der Waals surface area contributed by atoms with Gasteiger partial charge in [-0.3, -0.25) is 19.2 Å². The summed E-state index contributed by atoms with van der Waals surface area (Å²) >= 11 is 6.85. The van der Waals surface area contributed by atoms with E-state index in [1.54, 1.807) is 13.8 Å². The molecule has 3 N–H and O–H groups in total. The largest absolute Gasteiger partial charge is 0.418 e. The van der Waals surface area contributed by atoms with Gasteiger partial charge in [-0.05, 0) is 30.3 Å². The number of morpholine rings is 1. The molecule has 0 radical (unpaired) electrons. The van der Waals surface area contributed by atoms with Crippen LogP contribution in [0, 0.1) is 5.92 Å². The van der Waals surface area contributed by atoms with E-state index < -0.39 is 47.3 Å². The summed E-state index contributed by atoms with van der Waals surface area (Å²) < 4.78 is 46.9. The van der Waals surface area contributed by atoms with Crippen LogP contribution in [0.2, 0.25) is 4.34 Å². The Morgan fingerprint density at radius 3 is 2.49 bits per heavy atom. The fourth-order valence-electron chi connectivity index (χ4n) is 3.34. The van der Waals surface area contributed by atoms with Crippen molar-refractivity contribution in [1.29, 1.82) is 0 Å². The number of carbonyl (C=O) groups excluding carboxylic acids is 4. The van der Waals surface area contributed by atoms with E-state index in [0.717, 1.165) is 22.3 Å². The number of anilines is 2. The molecule has 0 aliphatic carbocycles. The molecule has 1 aliphatic heterocycles. The van der Waals surface area contributed by atoms with Crippen molar-refractivity contribution in [1.82, 2.24) is 10.6 Å². The number of alkyl halides is 3. The van der Waals surface area contributed by atoms with Crippen molar-refractivity contribution in [3.8, 4) is 0 Å². The molecular weight excluding hydrogens is 537 g/mol. The summed E-state index contributed by atoms with van der Waals surface area (Å²) in [7, 11) is 0. The molecule has 1 atom stereocenters. The van der Waals surface area contributed by atoms with Crippen LogP contribution in [-0.2, 0) is 25.3 Å². The van der Waals surface area contributed by atoms with E-state index in [9.17, 15) is 32.3 Å². The maximum Gasteiger partial charge on any atom is 0.418 e. The normalized spacial score (nSPS) is 14.9. The molecule has 0 saturated carbocycles. The molecule has 0 spiro atoms. The Labute approximate surface area is 219 Å². The van der Waals surface area contributed by atoms with E-state index in [4.69, 9.17) is 16.3 Å². The van der Waals surface area contributed by atoms with Crippen molar-refractivity contribution in [3.63, 3.8) is 0 Å². The van der Waals surface area contributed by atoms with E-state index in [2.05, 4.69) is 16.0 Å². The van der Waals surface area contributed by atoms with Gasteiger partial charge in [-0.25, -0.2) is 0 Å². The molecule has 200 valence electrons. The van der Waals surface area contributed by atoms with Crippen molar-refractivity contribution in [2.24, 2.45) is 5.92 Å². The van der Waals surface area contributed by atoms with Gasteiger partial charge in [0, 0.05) is 24.7 Å². The van der Waals surface area contributed by atoms with Crippen molar-refractivity contribution in [2.75, 3.05) is 36.5 Å². The van der Waals surface area contributed by atoms with Gasteiger partial charge in [-0.15, -0.1) is 11.3 Å². The monoisotopic (exact) mass is 560 g/mol. The van der Waals surface area contributed by atoms with Crippen molar-refractivity contribution in [2.45, 2.75) is 26.1 Å². The first kappa shape index (κ1) is 28.4. The lowest BCUT2D eigenvalue weighted by Gasteiger charge is -2.29. The van der Waals surface area contributed by atoms with Crippen LogP contribution in [0.5, 0.6) is 0 Å². The SMILES string of the molecule is CC(C)C(=O)N[C@@H](CNC(=O)c1ccc(Cl)s1)C(=O)Nc1ccc(N2CCOCC2=O)c(C(F)(F)F)c1. The van der Waals surface area contributed by atoms with E-state index in [1.807, 2.05) is 0 Å². The number of rotatable bonds is 8. The minimum atomic E-state index is -4.82. The highest BCUT2D eigenvalue weighted by Crippen LogP contribution is 2.38.